The van der Waals surface area contributed by atoms with E-state index in [2.05, 4.69) is 0 Å². The monoisotopic (exact) mass is 476 g/mol. The third-order valence-electron chi connectivity index (χ3n) is 0. The van der Waals surface area contributed by atoms with Crippen molar-refractivity contribution in [1.82, 2.24) is 0 Å². The Morgan fingerprint density at radius 1 is 0.400 bits per heavy atom. The van der Waals surface area contributed by atoms with Crippen LogP contribution in [-0.2, 0) is 131 Å². The normalized spacial score (nSPS) is 0. The Morgan fingerprint density at radius 3 is 0.400 bits per heavy atom. The topological polar surface area (TPSA) is 0 Å². The fourth-order valence-electron chi connectivity index (χ4n) is 0. The molecule has 0 aliphatic rings. The largest absolute Gasteiger partial charge is 0 e. The number of hydrogen-bond donors (Lipinski definition) is 0. The van der Waals surface area contributed by atoms with Gasteiger partial charge in [0.25, 0.3) is 0 Å². The van der Waals surface area contributed by atoms with Gasteiger partial charge < -0.3 is 0 Å². The summed E-state index contributed by atoms with van der Waals surface area (Å²) in [6.07, 6.45) is 0. The standard InChI is InChI=1S/Sn.4Y. The van der Waals surface area contributed by atoms with Crippen molar-refractivity contribution in [3.05, 3.63) is 0 Å². The smallest absolute Gasteiger partial charge is 0 e. The van der Waals surface area contributed by atoms with Crippen molar-refractivity contribution >= 4 is 23.9 Å². The van der Waals surface area contributed by atoms with E-state index in [4.69, 9.17) is 0 Å². The molecule has 0 nitrogen and oxygen atoms in total. The van der Waals surface area contributed by atoms with Crippen LogP contribution in [0.4, 0.5) is 0 Å². The first-order valence-corrected chi connectivity index (χ1v) is 0. The summed E-state index contributed by atoms with van der Waals surface area (Å²) in [5.74, 6) is 0. The van der Waals surface area contributed by atoms with Gasteiger partial charge in [0.1, 0.15) is 0 Å². The summed E-state index contributed by atoms with van der Waals surface area (Å²) >= 11 is 0. The van der Waals surface area contributed by atoms with Gasteiger partial charge in [-0.05, 0) is 0 Å². The van der Waals surface area contributed by atoms with Gasteiger partial charge in [0.2, 0.25) is 0 Å². The van der Waals surface area contributed by atoms with E-state index in [-0.39, 0.29) is 155 Å². The molecule has 0 N–H and O–H groups in total. The molecule has 0 rings (SSSR count). The first-order chi connectivity index (χ1) is 0. The summed E-state index contributed by atoms with van der Waals surface area (Å²) in [5.41, 5.74) is 0. The molecule has 0 aromatic carbocycles. The van der Waals surface area contributed by atoms with Gasteiger partial charge >= 0.3 is 0 Å². The molecule has 0 aliphatic carbocycles. The summed E-state index contributed by atoms with van der Waals surface area (Å²) in [4.78, 5) is 0. The molecule has 0 amide bonds. The Labute approximate surface area is 150 Å². The quantitative estimate of drug-likeness (QED) is 0.420. The van der Waals surface area contributed by atoms with Gasteiger partial charge in [-0.3, -0.25) is 0 Å². The summed E-state index contributed by atoms with van der Waals surface area (Å²) in [5, 5.41) is 0. The molecule has 0 bridgehead atoms. The number of hydrogen-bond acceptors (Lipinski definition) is 0. The van der Waals surface area contributed by atoms with Crippen LogP contribution in [0.5, 0.6) is 0 Å². The van der Waals surface area contributed by atoms with Crippen LogP contribution in [-0.4, -0.2) is 23.9 Å². The van der Waals surface area contributed by atoms with Crippen LogP contribution in [0.3, 0.4) is 0 Å². The summed E-state index contributed by atoms with van der Waals surface area (Å²) in [6.45, 7) is 0. The number of rotatable bonds is 0. The van der Waals surface area contributed by atoms with Crippen molar-refractivity contribution in [3.8, 4) is 0 Å². The van der Waals surface area contributed by atoms with Crippen molar-refractivity contribution in [3.63, 3.8) is 0 Å². The van der Waals surface area contributed by atoms with E-state index in [0.717, 1.165) is 0 Å². The molecule has 0 aromatic heterocycles. The summed E-state index contributed by atoms with van der Waals surface area (Å²) in [7, 11) is 0. The summed E-state index contributed by atoms with van der Waals surface area (Å²) in [6, 6.07) is 0. The van der Waals surface area contributed by atoms with Crippen LogP contribution < -0.4 is 0 Å². The van der Waals surface area contributed by atoms with Crippen LogP contribution in [0, 0.1) is 0 Å². The van der Waals surface area contributed by atoms with Crippen molar-refractivity contribution in [1.29, 1.82) is 0 Å². The molecule has 5 heavy (non-hydrogen) atoms. The molecular weight excluding hydrogens is 474 g/mol. The Kier molecular flexibility index (Phi) is 146. The van der Waals surface area contributed by atoms with E-state index >= 15 is 0 Å². The molecule has 8 radical (unpaired) electrons. The van der Waals surface area contributed by atoms with E-state index < -0.39 is 0 Å². The van der Waals surface area contributed by atoms with Crippen LogP contribution in [0.1, 0.15) is 0 Å². The van der Waals surface area contributed by atoms with Crippen LogP contribution >= 0.6 is 0 Å². The van der Waals surface area contributed by atoms with E-state index in [1.807, 2.05) is 0 Å². The van der Waals surface area contributed by atoms with Gasteiger partial charge in [-0.15, -0.1) is 0 Å². The van der Waals surface area contributed by atoms with E-state index in [1.54, 1.807) is 0 Å². The maximum Gasteiger partial charge on any atom is 0 e. The molecule has 0 unspecified atom stereocenters. The fraction of sp³-hybridized carbons (Fsp3) is 0. The first kappa shape index (κ1) is 31.9. The van der Waals surface area contributed by atoms with E-state index in [0.29, 0.717) is 0 Å². The zero-order valence-corrected chi connectivity index (χ0v) is 17.0. The molecule has 0 fully saturated rings. The maximum atomic E-state index is 0. The van der Waals surface area contributed by atoms with E-state index in [9.17, 15) is 0 Å². The second-order valence-electron chi connectivity index (χ2n) is 0. The molecule has 0 aromatic rings. The average molecular weight is 474 g/mol. The molecule has 16 valence electrons. The Hall–Kier alpha value is 5.21. The van der Waals surface area contributed by atoms with Crippen LogP contribution in [0.15, 0.2) is 0 Å². The third-order valence-corrected chi connectivity index (χ3v) is 0. The van der Waals surface area contributed by atoms with Crippen molar-refractivity contribution in [2.45, 2.75) is 0 Å². The first-order valence-electron chi connectivity index (χ1n) is 0. The minimum absolute atomic E-state index is 0. The zero-order chi connectivity index (χ0) is 0. The van der Waals surface area contributed by atoms with E-state index in [1.165, 1.54) is 0 Å². The molecule has 0 aliphatic heterocycles. The Balaban J connectivity index is 0. The Bertz CT molecular complexity index is 3.61. The Morgan fingerprint density at radius 2 is 0.400 bits per heavy atom. The van der Waals surface area contributed by atoms with Crippen molar-refractivity contribution in [2.75, 3.05) is 0 Å². The second-order valence-corrected chi connectivity index (χ2v) is 0. The SMILES string of the molecule is [Sn].[Y].[Y].[Y].[Y]. The molecule has 0 heterocycles. The summed E-state index contributed by atoms with van der Waals surface area (Å²) < 4.78 is 0. The minimum Gasteiger partial charge on any atom is 0 e. The molecular formula is SnY4. The predicted octanol–water partition coefficient (Wildman–Crippen LogP) is -0.391. The van der Waals surface area contributed by atoms with Gasteiger partial charge in [-0.25, -0.2) is 0 Å². The van der Waals surface area contributed by atoms with Crippen LogP contribution in [0.25, 0.3) is 0 Å². The van der Waals surface area contributed by atoms with Gasteiger partial charge in [0.15, 0.2) is 0 Å². The molecule has 0 spiro atoms. The molecule has 0 saturated carbocycles. The predicted molar refractivity (Wildman–Crippen MR) is 5.75 cm³/mol. The molecule has 5 heteroatoms. The molecule has 0 saturated heterocycles. The average Bonchev–Trinajstić information content (AvgIpc) is 0. The van der Waals surface area contributed by atoms with Gasteiger partial charge in [-0.2, -0.15) is 0 Å². The fourth-order valence-corrected chi connectivity index (χ4v) is 0. The minimum atomic E-state index is 0. The van der Waals surface area contributed by atoms with Crippen molar-refractivity contribution < 1.29 is 131 Å². The van der Waals surface area contributed by atoms with Crippen molar-refractivity contribution in [2.24, 2.45) is 0 Å². The van der Waals surface area contributed by atoms with Gasteiger partial charge in [-0.1, -0.05) is 0 Å². The third kappa shape index (κ3) is 17.6. The van der Waals surface area contributed by atoms with Gasteiger partial charge in [0.05, 0.1) is 0 Å². The zero-order valence-electron chi connectivity index (χ0n) is 2.81. The van der Waals surface area contributed by atoms with Gasteiger partial charge in [0, 0.05) is 155 Å². The van der Waals surface area contributed by atoms with Crippen LogP contribution in [0.2, 0.25) is 0 Å². The second kappa shape index (κ2) is 22.9. The maximum absolute atomic E-state index is 0. The molecule has 0 atom stereocenters.